The van der Waals surface area contributed by atoms with E-state index in [0.29, 0.717) is 6.04 Å². The van der Waals surface area contributed by atoms with Gasteiger partial charge in [-0.3, -0.25) is 0 Å². The number of hydrogen-bond acceptors (Lipinski definition) is 1. The van der Waals surface area contributed by atoms with Crippen LogP contribution in [-0.4, -0.2) is 6.54 Å². The van der Waals surface area contributed by atoms with Gasteiger partial charge in [0.2, 0.25) is 0 Å². The van der Waals surface area contributed by atoms with Crippen molar-refractivity contribution in [2.24, 2.45) is 11.8 Å². The molecule has 1 aromatic carbocycles. The van der Waals surface area contributed by atoms with Crippen LogP contribution in [0.1, 0.15) is 68.7 Å². The van der Waals surface area contributed by atoms with Crippen LogP contribution in [0.4, 0.5) is 0 Å². The minimum absolute atomic E-state index is 0.561. The van der Waals surface area contributed by atoms with Gasteiger partial charge < -0.3 is 5.32 Å². The zero-order valence-electron chi connectivity index (χ0n) is 13.7. The summed E-state index contributed by atoms with van der Waals surface area (Å²) in [6.07, 6.45) is 6.80. The average molecular weight is 273 g/mol. The van der Waals surface area contributed by atoms with Crippen molar-refractivity contribution in [1.82, 2.24) is 5.32 Å². The van der Waals surface area contributed by atoms with Gasteiger partial charge in [0.05, 0.1) is 0 Å². The van der Waals surface area contributed by atoms with Gasteiger partial charge in [0, 0.05) is 6.04 Å². The zero-order valence-corrected chi connectivity index (χ0v) is 13.7. The van der Waals surface area contributed by atoms with Crippen molar-refractivity contribution in [2.75, 3.05) is 6.54 Å². The molecule has 3 atom stereocenters. The van der Waals surface area contributed by atoms with Crippen LogP contribution < -0.4 is 5.32 Å². The van der Waals surface area contributed by atoms with E-state index in [4.69, 9.17) is 0 Å². The van der Waals surface area contributed by atoms with E-state index in [2.05, 4.69) is 51.2 Å². The molecule has 0 heterocycles. The summed E-state index contributed by atoms with van der Waals surface area (Å²) in [6, 6.07) is 7.37. The largest absolute Gasteiger partial charge is 0.310 e. The first-order valence-electron chi connectivity index (χ1n) is 8.46. The lowest BCUT2D eigenvalue weighted by Gasteiger charge is -2.27. The van der Waals surface area contributed by atoms with Crippen LogP contribution in [-0.2, 0) is 0 Å². The van der Waals surface area contributed by atoms with E-state index in [0.717, 1.165) is 18.4 Å². The minimum Gasteiger partial charge on any atom is -0.310 e. The van der Waals surface area contributed by atoms with Crippen LogP contribution in [0, 0.1) is 25.7 Å². The van der Waals surface area contributed by atoms with Crippen molar-refractivity contribution in [1.29, 1.82) is 0 Å². The minimum atomic E-state index is 0.561. The second kappa shape index (κ2) is 7.26. The van der Waals surface area contributed by atoms with E-state index in [9.17, 15) is 0 Å². The molecule has 1 aliphatic carbocycles. The van der Waals surface area contributed by atoms with Gasteiger partial charge in [0.1, 0.15) is 0 Å². The highest BCUT2D eigenvalue weighted by Crippen LogP contribution is 2.41. The van der Waals surface area contributed by atoms with Gasteiger partial charge >= 0.3 is 0 Å². The van der Waals surface area contributed by atoms with E-state index in [1.807, 2.05) is 0 Å². The molecule has 1 aromatic rings. The Hall–Kier alpha value is -0.820. The van der Waals surface area contributed by atoms with E-state index < -0.39 is 0 Å². The molecule has 1 fully saturated rings. The van der Waals surface area contributed by atoms with E-state index in [1.54, 1.807) is 5.56 Å². The third kappa shape index (κ3) is 3.44. The molecule has 1 N–H and O–H groups in total. The molecule has 20 heavy (non-hydrogen) atoms. The molecular formula is C19H31N. The molecule has 1 heteroatoms. The standard InChI is InChI=1S/C19H31N/c1-5-12-20-19(17-11-10-16(6-2)13-17)18-9-7-8-14(3)15(18)4/h7-9,16-17,19-20H,5-6,10-13H2,1-4H3. The van der Waals surface area contributed by atoms with E-state index in [-0.39, 0.29) is 0 Å². The Morgan fingerprint density at radius 3 is 2.65 bits per heavy atom. The predicted octanol–water partition coefficient (Wildman–Crippen LogP) is 5.17. The second-order valence-electron chi connectivity index (χ2n) is 6.57. The van der Waals surface area contributed by atoms with Crippen LogP contribution in [0.15, 0.2) is 18.2 Å². The van der Waals surface area contributed by atoms with Crippen LogP contribution in [0.5, 0.6) is 0 Å². The van der Waals surface area contributed by atoms with Gasteiger partial charge in [-0.25, -0.2) is 0 Å². The molecule has 112 valence electrons. The lowest BCUT2D eigenvalue weighted by atomic mass is 9.87. The fraction of sp³-hybridized carbons (Fsp3) is 0.684. The SMILES string of the molecule is CCCNC(c1cccc(C)c1C)C1CCC(CC)C1. The normalized spacial score (nSPS) is 24.0. The number of hydrogen-bond donors (Lipinski definition) is 1. The molecule has 1 aliphatic rings. The Morgan fingerprint density at radius 1 is 1.20 bits per heavy atom. The molecule has 0 spiro atoms. The molecule has 2 rings (SSSR count). The Labute approximate surface area is 125 Å². The smallest absolute Gasteiger partial charge is 0.0351 e. The maximum absolute atomic E-state index is 3.84. The highest BCUT2D eigenvalue weighted by molar-refractivity contribution is 5.35. The molecule has 0 aromatic heterocycles. The summed E-state index contributed by atoms with van der Waals surface area (Å²) in [4.78, 5) is 0. The fourth-order valence-corrected chi connectivity index (χ4v) is 3.73. The molecule has 1 nitrogen and oxygen atoms in total. The summed E-state index contributed by atoms with van der Waals surface area (Å²) in [5.74, 6) is 1.78. The Kier molecular flexibility index (Phi) is 5.65. The highest BCUT2D eigenvalue weighted by Gasteiger charge is 2.31. The summed E-state index contributed by atoms with van der Waals surface area (Å²) in [6.45, 7) is 10.3. The van der Waals surface area contributed by atoms with Crippen molar-refractivity contribution >= 4 is 0 Å². The Balaban J connectivity index is 2.21. The van der Waals surface area contributed by atoms with E-state index >= 15 is 0 Å². The number of benzene rings is 1. The van der Waals surface area contributed by atoms with Crippen molar-refractivity contribution in [2.45, 2.75) is 65.8 Å². The molecule has 0 aliphatic heterocycles. The summed E-state index contributed by atoms with van der Waals surface area (Å²) < 4.78 is 0. The van der Waals surface area contributed by atoms with Gasteiger partial charge in [-0.2, -0.15) is 0 Å². The molecule has 0 radical (unpaired) electrons. The quantitative estimate of drug-likeness (QED) is 0.754. The Morgan fingerprint density at radius 2 is 2.00 bits per heavy atom. The molecule has 3 unspecified atom stereocenters. The summed E-state index contributed by atoms with van der Waals surface area (Å²) >= 11 is 0. The van der Waals surface area contributed by atoms with Gasteiger partial charge in [-0.15, -0.1) is 0 Å². The zero-order chi connectivity index (χ0) is 14.5. The topological polar surface area (TPSA) is 12.0 Å². The van der Waals surface area contributed by atoms with Crippen LogP contribution in [0.25, 0.3) is 0 Å². The molecular weight excluding hydrogens is 242 g/mol. The molecule has 0 saturated heterocycles. The van der Waals surface area contributed by atoms with Gasteiger partial charge in [-0.05, 0) is 68.2 Å². The third-order valence-electron chi connectivity index (χ3n) is 5.23. The third-order valence-corrected chi connectivity index (χ3v) is 5.23. The fourth-order valence-electron chi connectivity index (χ4n) is 3.73. The average Bonchev–Trinajstić information content (AvgIpc) is 2.92. The van der Waals surface area contributed by atoms with Crippen molar-refractivity contribution in [3.05, 3.63) is 34.9 Å². The van der Waals surface area contributed by atoms with Gasteiger partial charge in [0.15, 0.2) is 0 Å². The summed E-state index contributed by atoms with van der Waals surface area (Å²) in [5, 5.41) is 3.84. The maximum Gasteiger partial charge on any atom is 0.0351 e. The first-order chi connectivity index (χ1) is 9.67. The summed E-state index contributed by atoms with van der Waals surface area (Å²) in [7, 11) is 0. The van der Waals surface area contributed by atoms with Crippen molar-refractivity contribution in [3.63, 3.8) is 0 Å². The molecule has 0 amide bonds. The molecule has 0 bridgehead atoms. The lowest BCUT2D eigenvalue weighted by Crippen LogP contribution is -2.28. The number of rotatable bonds is 6. The van der Waals surface area contributed by atoms with Crippen LogP contribution in [0.2, 0.25) is 0 Å². The predicted molar refractivity (Wildman–Crippen MR) is 88.1 cm³/mol. The first-order valence-corrected chi connectivity index (χ1v) is 8.46. The van der Waals surface area contributed by atoms with E-state index in [1.165, 1.54) is 43.2 Å². The van der Waals surface area contributed by atoms with Crippen LogP contribution >= 0.6 is 0 Å². The maximum atomic E-state index is 3.84. The summed E-state index contributed by atoms with van der Waals surface area (Å²) in [5.41, 5.74) is 4.46. The van der Waals surface area contributed by atoms with Gasteiger partial charge in [0.25, 0.3) is 0 Å². The highest BCUT2D eigenvalue weighted by atomic mass is 14.9. The lowest BCUT2D eigenvalue weighted by molar-refractivity contribution is 0.353. The number of nitrogens with one attached hydrogen (secondary N) is 1. The van der Waals surface area contributed by atoms with Crippen molar-refractivity contribution in [3.8, 4) is 0 Å². The second-order valence-corrected chi connectivity index (χ2v) is 6.57. The number of aryl methyl sites for hydroxylation is 1. The monoisotopic (exact) mass is 273 g/mol. The first kappa shape index (κ1) is 15.6. The van der Waals surface area contributed by atoms with Gasteiger partial charge in [-0.1, -0.05) is 44.9 Å². The Bertz CT molecular complexity index is 424. The molecule has 1 saturated carbocycles. The van der Waals surface area contributed by atoms with Crippen LogP contribution in [0.3, 0.4) is 0 Å². The van der Waals surface area contributed by atoms with Crippen molar-refractivity contribution < 1.29 is 0 Å².